The van der Waals surface area contributed by atoms with Gasteiger partial charge in [-0.1, -0.05) is 18.2 Å². The van der Waals surface area contributed by atoms with Crippen LogP contribution in [0.25, 0.3) is 0 Å². The van der Waals surface area contributed by atoms with E-state index in [-0.39, 0.29) is 24.4 Å². The van der Waals surface area contributed by atoms with E-state index < -0.39 is 0 Å². The first kappa shape index (κ1) is 18.6. The van der Waals surface area contributed by atoms with Crippen LogP contribution >= 0.6 is 12.4 Å². The van der Waals surface area contributed by atoms with Crippen molar-refractivity contribution < 1.29 is 9.21 Å². The van der Waals surface area contributed by atoms with Gasteiger partial charge in [0, 0.05) is 6.54 Å². The van der Waals surface area contributed by atoms with Crippen LogP contribution < -0.4 is 5.73 Å². The number of hydrogen-bond acceptors (Lipinski definition) is 3. The Morgan fingerprint density at radius 3 is 2.83 bits per heavy atom. The van der Waals surface area contributed by atoms with E-state index in [9.17, 15) is 4.79 Å². The van der Waals surface area contributed by atoms with Gasteiger partial charge in [0.25, 0.3) is 5.91 Å². The van der Waals surface area contributed by atoms with E-state index in [2.05, 4.69) is 32.0 Å². The SMILES string of the molecule is Cc1cccc(C2CCCCN2C(=O)c2coc(CN)c2)c1C.Cl. The number of benzene rings is 1. The molecule has 0 radical (unpaired) electrons. The van der Waals surface area contributed by atoms with E-state index in [0.717, 1.165) is 25.8 Å². The number of piperidine rings is 1. The van der Waals surface area contributed by atoms with Crippen molar-refractivity contribution in [2.24, 2.45) is 5.73 Å². The number of rotatable bonds is 3. The Balaban J connectivity index is 0.00000208. The van der Waals surface area contributed by atoms with Crippen molar-refractivity contribution in [3.05, 3.63) is 58.5 Å². The number of hydrogen-bond donors (Lipinski definition) is 1. The minimum atomic E-state index is 0. The van der Waals surface area contributed by atoms with Gasteiger partial charge < -0.3 is 15.1 Å². The topological polar surface area (TPSA) is 59.5 Å². The van der Waals surface area contributed by atoms with E-state index in [1.165, 1.54) is 23.0 Å². The molecular formula is C19H25ClN2O2. The lowest BCUT2D eigenvalue weighted by Gasteiger charge is -2.37. The minimum Gasteiger partial charge on any atom is -0.467 e. The molecule has 2 heterocycles. The van der Waals surface area contributed by atoms with Crippen molar-refractivity contribution in [1.29, 1.82) is 0 Å². The Labute approximate surface area is 149 Å². The van der Waals surface area contributed by atoms with Crippen LogP contribution in [0, 0.1) is 13.8 Å². The van der Waals surface area contributed by atoms with Crippen LogP contribution in [-0.2, 0) is 6.54 Å². The molecule has 1 aliphatic heterocycles. The van der Waals surface area contributed by atoms with Crippen LogP contribution in [0.3, 0.4) is 0 Å². The van der Waals surface area contributed by atoms with E-state index >= 15 is 0 Å². The lowest BCUT2D eigenvalue weighted by atomic mass is 9.90. The molecule has 4 nitrogen and oxygen atoms in total. The first-order valence-electron chi connectivity index (χ1n) is 8.26. The first-order chi connectivity index (χ1) is 11.1. The van der Waals surface area contributed by atoms with Gasteiger partial charge in [-0.25, -0.2) is 0 Å². The van der Waals surface area contributed by atoms with Gasteiger partial charge in [0.05, 0.1) is 18.2 Å². The monoisotopic (exact) mass is 348 g/mol. The van der Waals surface area contributed by atoms with Crippen molar-refractivity contribution in [3.8, 4) is 0 Å². The number of nitrogens with zero attached hydrogens (tertiary/aromatic N) is 1. The second-order valence-electron chi connectivity index (χ2n) is 6.31. The second-order valence-corrected chi connectivity index (χ2v) is 6.31. The van der Waals surface area contributed by atoms with E-state index in [1.807, 2.05) is 4.90 Å². The minimum absolute atomic E-state index is 0. The molecule has 3 rings (SSSR count). The van der Waals surface area contributed by atoms with Gasteiger partial charge in [0.2, 0.25) is 0 Å². The van der Waals surface area contributed by atoms with Crippen LogP contribution in [0.5, 0.6) is 0 Å². The fourth-order valence-corrected chi connectivity index (χ4v) is 3.40. The smallest absolute Gasteiger partial charge is 0.257 e. The molecule has 1 aromatic heterocycles. The maximum atomic E-state index is 12.9. The molecule has 130 valence electrons. The molecule has 0 aliphatic carbocycles. The number of carbonyl (C=O) groups is 1. The Bertz CT molecular complexity index is 711. The molecule has 24 heavy (non-hydrogen) atoms. The van der Waals surface area contributed by atoms with Crippen LogP contribution in [0.1, 0.15) is 58.1 Å². The first-order valence-corrected chi connectivity index (χ1v) is 8.26. The largest absolute Gasteiger partial charge is 0.467 e. The van der Waals surface area contributed by atoms with Gasteiger partial charge in [-0.05, 0) is 55.9 Å². The molecule has 5 heteroatoms. The fraction of sp³-hybridized carbons (Fsp3) is 0.421. The van der Waals surface area contributed by atoms with Crippen molar-refractivity contribution >= 4 is 18.3 Å². The Morgan fingerprint density at radius 1 is 1.33 bits per heavy atom. The summed E-state index contributed by atoms with van der Waals surface area (Å²) in [6, 6.07) is 8.26. The second kappa shape index (κ2) is 7.86. The van der Waals surface area contributed by atoms with E-state index in [1.54, 1.807) is 6.07 Å². The highest BCUT2D eigenvalue weighted by atomic mass is 35.5. The normalized spacial score (nSPS) is 17.5. The van der Waals surface area contributed by atoms with E-state index in [0.29, 0.717) is 17.9 Å². The van der Waals surface area contributed by atoms with Crippen molar-refractivity contribution in [1.82, 2.24) is 4.90 Å². The Morgan fingerprint density at radius 2 is 2.12 bits per heavy atom. The van der Waals surface area contributed by atoms with Crippen LogP contribution in [0.2, 0.25) is 0 Å². The molecule has 1 saturated heterocycles. The highest BCUT2D eigenvalue weighted by molar-refractivity contribution is 5.94. The average molecular weight is 349 g/mol. The number of furan rings is 1. The number of nitrogens with two attached hydrogens (primary N) is 1. The number of amides is 1. The standard InChI is InChI=1S/C19H24N2O2.ClH/c1-13-6-5-7-17(14(13)2)18-8-3-4-9-21(18)19(22)15-10-16(11-20)23-12-15;/h5-7,10,12,18H,3-4,8-9,11,20H2,1-2H3;1H. The summed E-state index contributed by atoms with van der Waals surface area (Å²) in [6.45, 7) is 5.37. The average Bonchev–Trinajstić information content (AvgIpc) is 3.06. The predicted octanol–water partition coefficient (Wildman–Crippen LogP) is 4.14. The Hall–Kier alpha value is -1.78. The molecule has 1 unspecified atom stereocenters. The Kier molecular flexibility index (Phi) is 6.08. The van der Waals surface area contributed by atoms with Crippen molar-refractivity contribution in [2.45, 2.75) is 45.7 Å². The molecule has 2 aromatic rings. The number of likely N-dealkylation sites (tertiary alicyclic amines) is 1. The molecule has 0 bridgehead atoms. The zero-order valence-corrected chi connectivity index (χ0v) is 15.1. The third kappa shape index (κ3) is 3.50. The van der Waals surface area contributed by atoms with Gasteiger partial charge in [0.1, 0.15) is 12.0 Å². The van der Waals surface area contributed by atoms with Crippen molar-refractivity contribution in [3.63, 3.8) is 0 Å². The molecule has 1 amide bonds. The zero-order chi connectivity index (χ0) is 16.4. The zero-order valence-electron chi connectivity index (χ0n) is 14.2. The molecule has 1 atom stereocenters. The fourth-order valence-electron chi connectivity index (χ4n) is 3.40. The third-order valence-electron chi connectivity index (χ3n) is 4.87. The van der Waals surface area contributed by atoms with Crippen molar-refractivity contribution in [2.75, 3.05) is 6.54 Å². The quantitative estimate of drug-likeness (QED) is 0.906. The summed E-state index contributed by atoms with van der Waals surface area (Å²) in [5.74, 6) is 0.688. The summed E-state index contributed by atoms with van der Waals surface area (Å²) in [6.07, 6.45) is 4.74. The molecule has 1 fully saturated rings. The van der Waals surface area contributed by atoms with E-state index in [4.69, 9.17) is 10.2 Å². The molecule has 2 N–H and O–H groups in total. The maximum absolute atomic E-state index is 12.9. The number of halogens is 1. The lowest BCUT2D eigenvalue weighted by molar-refractivity contribution is 0.0610. The lowest BCUT2D eigenvalue weighted by Crippen LogP contribution is -2.38. The summed E-state index contributed by atoms with van der Waals surface area (Å²) < 4.78 is 5.34. The molecule has 0 spiro atoms. The van der Waals surface area contributed by atoms with Crippen LogP contribution in [-0.4, -0.2) is 17.4 Å². The maximum Gasteiger partial charge on any atom is 0.257 e. The highest BCUT2D eigenvalue weighted by Crippen LogP contribution is 2.34. The van der Waals surface area contributed by atoms with Gasteiger partial charge in [-0.2, -0.15) is 0 Å². The third-order valence-corrected chi connectivity index (χ3v) is 4.87. The van der Waals surface area contributed by atoms with Crippen LogP contribution in [0.4, 0.5) is 0 Å². The van der Waals surface area contributed by atoms with Gasteiger partial charge >= 0.3 is 0 Å². The summed E-state index contributed by atoms with van der Waals surface area (Å²) in [5, 5.41) is 0. The molecule has 0 saturated carbocycles. The number of carbonyl (C=O) groups excluding carboxylic acids is 1. The van der Waals surface area contributed by atoms with Crippen LogP contribution in [0.15, 0.2) is 34.9 Å². The number of aryl methyl sites for hydroxylation is 1. The predicted molar refractivity (Wildman–Crippen MR) is 97.4 cm³/mol. The molecule has 1 aliphatic rings. The highest BCUT2D eigenvalue weighted by Gasteiger charge is 2.30. The van der Waals surface area contributed by atoms with Gasteiger partial charge in [-0.15, -0.1) is 12.4 Å². The summed E-state index contributed by atoms with van der Waals surface area (Å²) in [7, 11) is 0. The van der Waals surface area contributed by atoms with Gasteiger partial charge in [0.15, 0.2) is 0 Å². The molecular weight excluding hydrogens is 324 g/mol. The summed E-state index contributed by atoms with van der Waals surface area (Å²) in [5.41, 5.74) is 10.00. The van der Waals surface area contributed by atoms with Gasteiger partial charge in [-0.3, -0.25) is 4.79 Å². The summed E-state index contributed by atoms with van der Waals surface area (Å²) >= 11 is 0. The summed E-state index contributed by atoms with van der Waals surface area (Å²) in [4.78, 5) is 14.9. The molecule has 1 aromatic carbocycles.